The van der Waals surface area contributed by atoms with E-state index in [9.17, 15) is 13.6 Å². The van der Waals surface area contributed by atoms with Crippen LogP contribution in [0, 0.1) is 28.9 Å². The Bertz CT molecular complexity index is 542. The molecule has 6 heteroatoms. The van der Waals surface area contributed by atoms with Crippen LogP contribution in [-0.2, 0) is 4.79 Å². The molecule has 1 aromatic carbocycles. The lowest BCUT2D eigenvalue weighted by molar-refractivity contribution is -0.120. The minimum absolute atomic E-state index is 0.0368. The standard InChI is InChI=1S/C14H16F2N2OS/c1-9(2)14(3,8-17)18-13(19)7-20-10-4-5-11(15)12(16)6-10/h4-6,9H,7H2,1-3H3,(H,18,19)/t14-/m1/s1. The molecule has 1 rings (SSSR count). The van der Waals surface area contributed by atoms with Crippen molar-refractivity contribution in [2.75, 3.05) is 5.75 Å². The fourth-order valence-electron chi connectivity index (χ4n) is 1.34. The monoisotopic (exact) mass is 298 g/mol. The van der Waals surface area contributed by atoms with Gasteiger partial charge in [-0.3, -0.25) is 4.79 Å². The topological polar surface area (TPSA) is 52.9 Å². The van der Waals surface area contributed by atoms with Crippen molar-refractivity contribution in [1.29, 1.82) is 5.26 Å². The average Bonchev–Trinajstić information content (AvgIpc) is 2.39. The first-order valence-electron chi connectivity index (χ1n) is 6.08. The van der Waals surface area contributed by atoms with Gasteiger partial charge < -0.3 is 5.32 Å². The smallest absolute Gasteiger partial charge is 0.231 e. The number of benzene rings is 1. The number of carbonyl (C=O) groups excluding carboxylic acids is 1. The first-order chi connectivity index (χ1) is 9.28. The van der Waals surface area contributed by atoms with Crippen molar-refractivity contribution in [1.82, 2.24) is 5.32 Å². The van der Waals surface area contributed by atoms with Crippen LogP contribution in [0.4, 0.5) is 8.78 Å². The molecule has 0 aromatic heterocycles. The second-order valence-electron chi connectivity index (χ2n) is 4.88. The van der Waals surface area contributed by atoms with E-state index in [1.165, 1.54) is 6.07 Å². The Kier molecular flexibility index (Phi) is 5.52. The number of hydrogen-bond donors (Lipinski definition) is 1. The number of nitrogens with one attached hydrogen (secondary N) is 1. The Morgan fingerprint density at radius 3 is 2.60 bits per heavy atom. The van der Waals surface area contributed by atoms with E-state index in [0.717, 1.165) is 23.9 Å². The fourth-order valence-corrected chi connectivity index (χ4v) is 2.06. The highest BCUT2D eigenvalue weighted by atomic mass is 32.2. The van der Waals surface area contributed by atoms with Crippen molar-refractivity contribution in [3.8, 4) is 6.07 Å². The SMILES string of the molecule is CC(C)[C@@](C)(C#N)NC(=O)CSc1ccc(F)c(F)c1. The van der Waals surface area contributed by atoms with Crippen molar-refractivity contribution in [2.45, 2.75) is 31.2 Å². The van der Waals surface area contributed by atoms with E-state index < -0.39 is 17.2 Å². The van der Waals surface area contributed by atoms with E-state index >= 15 is 0 Å². The predicted molar refractivity (Wildman–Crippen MR) is 74.1 cm³/mol. The molecule has 0 spiro atoms. The number of carbonyl (C=O) groups is 1. The molecule has 0 saturated carbocycles. The Morgan fingerprint density at radius 1 is 1.45 bits per heavy atom. The number of halogens is 2. The van der Waals surface area contributed by atoms with Gasteiger partial charge in [0, 0.05) is 4.90 Å². The molecule has 1 atom stereocenters. The fraction of sp³-hybridized carbons (Fsp3) is 0.429. The van der Waals surface area contributed by atoms with Crippen LogP contribution in [0.1, 0.15) is 20.8 Å². The van der Waals surface area contributed by atoms with Crippen LogP contribution in [0.5, 0.6) is 0 Å². The quantitative estimate of drug-likeness (QED) is 0.850. The molecule has 1 amide bonds. The van der Waals surface area contributed by atoms with Crippen molar-refractivity contribution in [3.63, 3.8) is 0 Å². The first kappa shape index (κ1) is 16.4. The van der Waals surface area contributed by atoms with Gasteiger partial charge in [0.1, 0.15) is 5.54 Å². The van der Waals surface area contributed by atoms with Crippen LogP contribution in [-0.4, -0.2) is 17.2 Å². The van der Waals surface area contributed by atoms with Gasteiger partial charge in [-0.25, -0.2) is 8.78 Å². The van der Waals surface area contributed by atoms with E-state index in [0.29, 0.717) is 4.90 Å². The van der Waals surface area contributed by atoms with E-state index in [-0.39, 0.29) is 17.6 Å². The van der Waals surface area contributed by atoms with Crippen molar-refractivity contribution < 1.29 is 13.6 Å². The summed E-state index contributed by atoms with van der Waals surface area (Å²) in [6, 6.07) is 5.54. The molecular weight excluding hydrogens is 282 g/mol. The van der Waals surface area contributed by atoms with Gasteiger partial charge in [0.05, 0.1) is 11.8 Å². The third-order valence-electron chi connectivity index (χ3n) is 3.05. The summed E-state index contributed by atoms with van der Waals surface area (Å²) in [5.41, 5.74) is -0.939. The van der Waals surface area contributed by atoms with Gasteiger partial charge in [-0.1, -0.05) is 13.8 Å². The molecule has 0 saturated heterocycles. The van der Waals surface area contributed by atoms with E-state index in [1.807, 2.05) is 13.8 Å². The number of hydrogen-bond acceptors (Lipinski definition) is 3. The molecule has 0 fully saturated rings. The van der Waals surface area contributed by atoms with E-state index in [4.69, 9.17) is 5.26 Å². The highest BCUT2D eigenvalue weighted by molar-refractivity contribution is 8.00. The number of nitriles is 1. The van der Waals surface area contributed by atoms with Gasteiger partial charge in [-0.15, -0.1) is 11.8 Å². The molecule has 1 aromatic rings. The summed E-state index contributed by atoms with van der Waals surface area (Å²) in [6.45, 7) is 5.33. The Labute approximate surface area is 121 Å². The molecule has 0 aliphatic heterocycles. The minimum Gasteiger partial charge on any atom is -0.337 e. The van der Waals surface area contributed by atoms with Crippen molar-refractivity contribution >= 4 is 17.7 Å². The van der Waals surface area contributed by atoms with Gasteiger partial charge in [-0.05, 0) is 31.0 Å². The molecular formula is C14H16F2N2OS. The van der Waals surface area contributed by atoms with Crippen LogP contribution in [0.25, 0.3) is 0 Å². The predicted octanol–water partition coefficient (Wildman–Crippen LogP) is 3.11. The van der Waals surface area contributed by atoms with Crippen LogP contribution >= 0.6 is 11.8 Å². The number of thioether (sulfide) groups is 1. The maximum absolute atomic E-state index is 13.0. The molecule has 1 N–H and O–H groups in total. The van der Waals surface area contributed by atoms with Crippen LogP contribution in [0.15, 0.2) is 23.1 Å². The van der Waals surface area contributed by atoms with Gasteiger partial charge in [0.25, 0.3) is 0 Å². The molecule has 0 unspecified atom stereocenters. The maximum Gasteiger partial charge on any atom is 0.231 e. The summed E-state index contributed by atoms with van der Waals surface area (Å²) in [5, 5.41) is 11.7. The largest absolute Gasteiger partial charge is 0.337 e. The molecule has 0 heterocycles. The van der Waals surface area contributed by atoms with Gasteiger partial charge >= 0.3 is 0 Å². The molecule has 0 radical (unpaired) electrons. The Balaban J connectivity index is 2.60. The summed E-state index contributed by atoms with van der Waals surface area (Å²) in [7, 11) is 0. The summed E-state index contributed by atoms with van der Waals surface area (Å²) in [4.78, 5) is 12.3. The third-order valence-corrected chi connectivity index (χ3v) is 4.04. The lowest BCUT2D eigenvalue weighted by atomic mass is 9.90. The second-order valence-corrected chi connectivity index (χ2v) is 5.93. The van der Waals surface area contributed by atoms with E-state index in [1.54, 1.807) is 6.92 Å². The second kappa shape index (κ2) is 6.71. The Hall–Kier alpha value is -1.61. The Morgan fingerprint density at radius 2 is 2.10 bits per heavy atom. The van der Waals surface area contributed by atoms with Crippen LogP contribution in [0.2, 0.25) is 0 Å². The van der Waals surface area contributed by atoms with Gasteiger partial charge in [0.15, 0.2) is 11.6 Å². The summed E-state index contributed by atoms with van der Waals surface area (Å²) in [5.74, 6) is -2.19. The molecule has 3 nitrogen and oxygen atoms in total. The minimum atomic E-state index is -0.945. The summed E-state index contributed by atoms with van der Waals surface area (Å²) < 4.78 is 25.8. The third kappa shape index (κ3) is 4.20. The average molecular weight is 298 g/mol. The lowest BCUT2D eigenvalue weighted by Crippen LogP contribution is -2.49. The number of amides is 1. The lowest BCUT2D eigenvalue weighted by Gasteiger charge is -2.27. The maximum atomic E-state index is 13.0. The zero-order chi connectivity index (χ0) is 15.3. The van der Waals surface area contributed by atoms with Gasteiger partial charge in [-0.2, -0.15) is 5.26 Å². The van der Waals surface area contributed by atoms with Crippen LogP contribution < -0.4 is 5.32 Å². The zero-order valence-electron chi connectivity index (χ0n) is 11.5. The molecule has 0 bridgehead atoms. The summed E-state index contributed by atoms with van der Waals surface area (Å²) >= 11 is 1.09. The van der Waals surface area contributed by atoms with E-state index in [2.05, 4.69) is 11.4 Å². The highest BCUT2D eigenvalue weighted by Crippen LogP contribution is 2.21. The van der Waals surface area contributed by atoms with Crippen molar-refractivity contribution in [2.24, 2.45) is 5.92 Å². The van der Waals surface area contributed by atoms with Crippen molar-refractivity contribution in [3.05, 3.63) is 29.8 Å². The first-order valence-corrected chi connectivity index (χ1v) is 7.07. The highest BCUT2D eigenvalue weighted by Gasteiger charge is 2.29. The van der Waals surface area contributed by atoms with Crippen LogP contribution in [0.3, 0.4) is 0 Å². The summed E-state index contributed by atoms with van der Waals surface area (Å²) in [6.07, 6.45) is 0. The molecule has 20 heavy (non-hydrogen) atoms. The number of nitrogens with zero attached hydrogens (tertiary/aromatic N) is 1. The molecule has 0 aliphatic carbocycles. The zero-order valence-corrected chi connectivity index (χ0v) is 12.4. The normalized spacial score (nSPS) is 13.7. The molecule has 108 valence electrons. The number of rotatable bonds is 5. The van der Waals surface area contributed by atoms with Gasteiger partial charge in [0.2, 0.25) is 5.91 Å². The molecule has 0 aliphatic rings.